The lowest BCUT2D eigenvalue weighted by Crippen LogP contribution is -2.21. The Morgan fingerprint density at radius 1 is 1.32 bits per heavy atom. The van der Waals surface area contributed by atoms with E-state index < -0.39 is 12.8 Å². The van der Waals surface area contributed by atoms with Crippen molar-refractivity contribution >= 4 is 6.01 Å². The second-order valence-corrected chi connectivity index (χ2v) is 4.13. The fraction of sp³-hybridized carbons (Fsp3) is 0.800. The maximum Gasteiger partial charge on any atom is 0.411 e. The Balaban J connectivity index is 2.16. The van der Waals surface area contributed by atoms with Crippen LogP contribution in [0.15, 0.2) is 4.42 Å². The predicted molar refractivity (Wildman–Crippen MR) is 61.6 cm³/mol. The molecule has 0 spiro atoms. The molecule has 1 heterocycles. The molecule has 19 heavy (non-hydrogen) atoms. The molecule has 1 rings (SSSR count). The van der Waals surface area contributed by atoms with E-state index in [1.165, 1.54) is 0 Å². The van der Waals surface area contributed by atoms with Crippen LogP contribution in [0.25, 0.3) is 0 Å². The predicted octanol–water partition coefficient (Wildman–Crippen LogP) is 1.56. The van der Waals surface area contributed by atoms with E-state index in [0.29, 0.717) is 18.5 Å². The molecule has 0 radical (unpaired) electrons. The summed E-state index contributed by atoms with van der Waals surface area (Å²) in [6, 6.07) is 0.454. The first-order valence-electron chi connectivity index (χ1n) is 5.81. The Hall–Kier alpha value is -1.35. The lowest BCUT2D eigenvalue weighted by atomic mass is 10.4. The lowest BCUT2D eigenvalue weighted by molar-refractivity contribution is -0.172. The topological polar surface area (TPSA) is 72.2 Å². The van der Waals surface area contributed by atoms with Crippen molar-refractivity contribution in [3.63, 3.8) is 0 Å². The first kappa shape index (κ1) is 15.7. The van der Waals surface area contributed by atoms with E-state index in [9.17, 15) is 13.2 Å². The summed E-state index contributed by atoms with van der Waals surface area (Å²) >= 11 is 0. The summed E-state index contributed by atoms with van der Waals surface area (Å²) < 4.78 is 44.9. The second-order valence-electron chi connectivity index (χ2n) is 4.13. The van der Waals surface area contributed by atoms with E-state index in [-0.39, 0.29) is 19.2 Å². The maximum atomic E-state index is 11.8. The number of anilines is 1. The molecule has 0 aliphatic rings. The number of aromatic nitrogens is 2. The summed E-state index contributed by atoms with van der Waals surface area (Å²) in [5.41, 5.74) is 0. The van der Waals surface area contributed by atoms with E-state index >= 15 is 0 Å². The molecule has 0 aliphatic carbocycles. The molecular weight excluding hydrogens is 265 g/mol. The molecule has 2 N–H and O–H groups in total. The molecular formula is C10H17F3N4O2. The molecule has 9 heteroatoms. The van der Waals surface area contributed by atoms with Gasteiger partial charge in [-0.05, 0) is 0 Å². The van der Waals surface area contributed by atoms with Crippen LogP contribution in [0.4, 0.5) is 19.2 Å². The SMILES string of the molecule is CC(C)NCc1nnc(NCCOCC(F)(F)F)o1. The molecule has 6 nitrogen and oxygen atoms in total. The Morgan fingerprint density at radius 3 is 2.68 bits per heavy atom. The highest BCUT2D eigenvalue weighted by atomic mass is 19.4. The van der Waals surface area contributed by atoms with Crippen LogP contribution in [-0.4, -0.2) is 42.2 Å². The Kier molecular flexibility index (Phi) is 6.03. The highest BCUT2D eigenvalue weighted by molar-refractivity contribution is 5.16. The van der Waals surface area contributed by atoms with E-state index in [2.05, 4.69) is 25.6 Å². The Bertz CT molecular complexity index is 368. The van der Waals surface area contributed by atoms with Crippen molar-refractivity contribution in [2.45, 2.75) is 32.6 Å². The largest absolute Gasteiger partial charge is 0.411 e. The fourth-order valence-electron chi connectivity index (χ4n) is 1.11. The van der Waals surface area contributed by atoms with Crippen LogP contribution in [0.1, 0.15) is 19.7 Å². The number of rotatable bonds is 8. The van der Waals surface area contributed by atoms with E-state index in [1.54, 1.807) is 0 Å². The number of nitrogens with one attached hydrogen (secondary N) is 2. The van der Waals surface area contributed by atoms with Gasteiger partial charge in [-0.1, -0.05) is 18.9 Å². The minimum absolute atomic E-state index is 0.0958. The van der Waals surface area contributed by atoms with Crippen molar-refractivity contribution in [2.75, 3.05) is 25.1 Å². The number of halogens is 3. The summed E-state index contributed by atoms with van der Waals surface area (Å²) in [7, 11) is 0. The minimum atomic E-state index is -4.31. The Labute approximate surface area is 108 Å². The fourth-order valence-corrected chi connectivity index (χ4v) is 1.11. The summed E-state index contributed by atoms with van der Waals surface area (Å²) in [5.74, 6) is 0.410. The molecule has 1 aromatic rings. The molecule has 0 saturated heterocycles. The van der Waals surface area contributed by atoms with Crippen LogP contribution < -0.4 is 10.6 Å². The molecule has 110 valence electrons. The van der Waals surface area contributed by atoms with Gasteiger partial charge >= 0.3 is 12.2 Å². The van der Waals surface area contributed by atoms with Crippen LogP contribution in [-0.2, 0) is 11.3 Å². The van der Waals surface area contributed by atoms with Gasteiger partial charge in [0.2, 0.25) is 5.89 Å². The van der Waals surface area contributed by atoms with Gasteiger partial charge in [-0.2, -0.15) is 13.2 Å². The number of nitrogens with zero attached hydrogens (tertiary/aromatic N) is 2. The van der Waals surface area contributed by atoms with Gasteiger partial charge in [-0.3, -0.25) is 0 Å². The van der Waals surface area contributed by atoms with Crippen LogP contribution in [0.2, 0.25) is 0 Å². The number of hydrogen-bond donors (Lipinski definition) is 2. The molecule has 0 fully saturated rings. The van der Waals surface area contributed by atoms with Gasteiger partial charge in [-0.25, -0.2) is 0 Å². The van der Waals surface area contributed by atoms with Gasteiger partial charge in [-0.15, -0.1) is 5.10 Å². The summed E-state index contributed by atoms with van der Waals surface area (Å²) in [5, 5.41) is 13.2. The third-order valence-electron chi connectivity index (χ3n) is 1.92. The third kappa shape index (κ3) is 7.62. The summed E-state index contributed by atoms with van der Waals surface area (Å²) in [4.78, 5) is 0. The van der Waals surface area contributed by atoms with Crippen LogP contribution in [0, 0.1) is 0 Å². The molecule has 0 amide bonds. The first-order chi connectivity index (χ1) is 8.87. The summed E-state index contributed by atoms with van der Waals surface area (Å²) in [6.07, 6.45) is -4.31. The quantitative estimate of drug-likeness (QED) is 0.705. The zero-order valence-electron chi connectivity index (χ0n) is 10.8. The van der Waals surface area contributed by atoms with Gasteiger partial charge in [0.1, 0.15) is 6.61 Å². The van der Waals surface area contributed by atoms with Gasteiger partial charge in [0.25, 0.3) is 0 Å². The van der Waals surface area contributed by atoms with Crippen molar-refractivity contribution in [2.24, 2.45) is 0 Å². The van der Waals surface area contributed by atoms with Crippen molar-refractivity contribution < 1.29 is 22.3 Å². The van der Waals surface area contributed by atoms with E-state index in [1.807, 2.05) is 13.8 Å². The highest BCUT2D eigenvalue weighted by Gasteiger charge is 2.27. The van der Waals surface area contributed by atoms with Crippen LogP contribution in [0.3, 0.4) is 0 Å². The minimum Gasteiger partial charge on any atom is -0.407 e. The van der Waals surface area contributed by atoms with Crippen molar-refractivity contribution in [3.05, 3.63) is 5.89 Å². The Morgan fingerprint density at radius 2 is 2.05 bits per heavy atom. The number of alkyl halides is 3. The zero-order chi connectivity index (χ0) is 14.3. The van der Waals surface area contributed by atoms with E-state index in [0.717, 1.165) is 0 Å². The smallest absolute Gasteiger partial charge is 0.407 e. The monoisotopic (exact) mass is 282 g/mol. The van der Waals surface area contributed by atoms with Gasteiger partial charge < -0.3 is 19.8 Å². The third-order valence-corrected chi connectivity index (χ3v) is 1.92. The molecule has 0 unspecified atom stereocenters. The van der Waals surface area contributed by atoms with Crippen molar-refractivity contribution in [3.8, 4) is 0 Å². The molecule has 0 bridgehead atoms. The van der Waals surface area contributed by atoms with E-state index in [4.69, 9.17) is 4.42 Å². The second kappa shape index (κ2) is 7.29. The van der Waals surface area contributed by atoms with Crippen LogP contribution >= 0.6 is 0 Å². The maximum absolute atomic E-state index is 11.8. The molecule has 0 aliphatic heterocycles. The van der Waals surface area contributed by atoms with Crippen LogP contribution in [0.5, 0.6) is 0 Å². The number of ether oxygens (including phenoxy) is 1. The average molecular weight is 282 g/mol. The van der Waals surface area contributed by atoms with Gasteiger partial charge in [0.05, 0.1) is 13.2 Å². The van der Waals surface area contributed by atoms with Crippen molar-refractivity contribution in [1.29, 1.82) is 0 Å². The first-order valence-corrected chi connectivity index (χ1v) is 5.81. The standard InChI is InChI=1S/C10H17F3N4O2/c1-7(2)15-5-8-16-17-9(19-8)14-3-4-18-6-10(11,12)13/h7,15H,3-6H2,1-2H3,(H,14,17). The van der Waals surface area contributed by atoms with Crippen molar-refractivity contribution in [1.82, 2.24) is 15.5 Å². The normalized spacial score (nSPS) is 12.1. The zero-order valence-corrected chi connectivity index (χ0v) is 10.8. The molecule has 0 saturated carbocycles. The lowest BCUT2D eigenvalue weighted by Gasteiger charge is -2.07. The van der Waals surface area contributed by atoms with Gasteiger partial charge in [0, 0.05) is 12.6 Å². The average Bonchev–Trinajstić information content (AvgIpc) is 2.72. The highest BCUT2D eigenvalue weighted by Crippen LogP contribution is 2.14. The summed E-state index contributed by atoms with van der Waals surface area (Å²) in [6.45, 7) is 3.21. The molecule has 0 atom stereocenters. The van der Waals surface area contributed by atoms with Gasteiger partial charge in [0.15, 0.2) is 0 Å². The number of hydrogen-bond acceptors (Lipinski definition) is 6. The molecule has 0 aromatic carbocycles. The molecule has 1 aromatic heterocycles.